The van der Waals surface area contributed by atoms with Crippen LogP contribution in [-0.2, 0) is 4.79 Å². The van der Waals surface area contributed by atoms with Gasteiger partial charge in [-0.3, -0.25) is 4.79 Å². The van der Waals surface area contributed by atoms with E-state index in [-0.39, 0.29) is 12.4 Å². The maximum Gasteiger partial charge on any atom is 0.222 e. The fourth-order valence-corrected chi connectivity index (χ4v) is 2.29. The normalized spacial score (nSPS) is 29.8. The van der Waals surface area contributed by atoms with E-state index in [0.717, 1.165) is 31.8 Å². The minimum absolute atomic E-state index is 0. The van der Waals surface area contributed by atoms with Gasteiger partial charge in [0, 0.05) is 31.6 Å². The third kappa shape index (κ3) is 3.36. The summed E-state index contributed by atoms with van der Waals surface area (Å²) in [5.41, 5.74) is 0. The Morgan fingerprint density at radius 2 is 2.06 bits per heavy atom. The summed E-state index contributed by atoms with van der Waals surface area (Å²) in [7, 11) is 0. The van der Waals surface area contributed by atoms with Crippen molar-refractivity contribution in [2.24, 2.45) is 5.92 Å². The number of hydrogen-bond acceptors (Lipinski definition) is 2. The van der Waals surface area contributed by atoms with Gasteiger partial charge in [-0.15, -0.1) is 12.4 Å². The molecule has 2 atom stereocenters. The number of carbonyl (C=O) groups excluding carboxylic acids is 1. The van der Waals surface area contributed by atoms with Crippen LogP contribution in [0.15, 0.2) is 0 Å². The van der Waals surface area contributed by atoms with Crippen LogP contribution in [0.2, 0.25) is 0 Å². The molecule has 0 radical (unpaired) electrons. The second-order valence-electron chi connectivity index (χ2n) is 5.05. The lowest BCUT2D eigenvalue weighted by Gasteiger charge is -2.38. The van der Waals surface area contributed by atoms with E-state index in [9.17, 15) is 4.79 Å². The van der Waals surface area contributed by atoms with Gasteiger partial charge in [-0.05, 0) is 26.2 Å². The van der Waals surface area contributed by atoms with Crippen molar-refractivity contribution in [3.63, 3.8) is 0 Å². The average molecular weight is 247 g/mol. The highest BCUT2D eigenvalue weighted by Crippen LogP contribution is 2.33. The Balaban J connectivity index is 0.00000128. The van der Waals surface area contributed by atoms with Crippen LogP contribution in [0.25, 0.3) is 0 Å². The number of carbonyl (C=O) groups is 1. The summed E-state index contributed by atoms with van der Waals surface area (Å²) in [6.07, 6.45) is 4.58. The molecule has 1 heterocycles. The number of hydrogen-bond donors (Lipinski definition) is 1. The monoisotopic (exact) mass is 246 g/mol. The predicted octanol–water partition coefficient (Wildman–Crippen LogP) is 1.81. The molecule has 1 N–H and O–H groups in total. The topological polar surface area (TPSA) is 32.3 Å². The molecule has 0 aromatic rings. The van der Waals surface area contributed by atoms with Crippen LogP contribution in [0.5, 0.6) is 0 Å². The zero-order chi connectivity index (χ0) is 10.8. The third-order valence-corrected chi connectivity index (χ3v) is 3.82. The Hall–Kier alpha value is -0.280. The summed E-state index contributed by atoms with van der Waals surface area (Å²) in [5.74, 6) is 1.23. The standard InChI is InChI=1S/C12H22N2O.ClH/c1-9-10(2)14(8-7-13-9)12(15)6-5-11-3-4-11;/h9-11,13H,3-8H2,1-2H3;1H. The van der Waals surface area contributed by atoms with Gasteiger partial charge in [-0.1, -0.05) is 12.8 Å². The van der Waals surface area contributed by atoms with Crippen LogP contribution in [-0.4, -0.2) is 36.0 Å². The highest BCUT2D eigenvalue weighted by molar-refractivity contribution is 5.85. The number of amides is 1. The van der Waals surface area contributed by atoms with Gasteiger partial charge in [0.05, 0.1) is 0 Å². The van der Waals surface area contributed by atoms with Crippen molar-refractivity contribution in [3.8, 4) is 0 Å². The van der Waals surface area contributed by atoms with Crippen molar-refractivity contribution in [1.82, 2.24) is 10.2 Å². The molecule has 16 heavy (non-hydrogen) atoms. The Kier molecular flexibility index (Phi) is 5.06. The average Bonchev–Trinajstić information content (AvgIpc) is 3.02. The number of piperazine rings is 1. The molecular weight excluding hydrogens is 224 g/mol. The van der Waals surface area contributed by atoms with Crippen LogP contribution < -0.4 is 5.32 Å². The van der Waals surface area contributed by atoms with Gasteiger partial charge < -0.3 is 10.2 Å². The van der Waals surface area contributed by atoms with Crippen molar-refractivity contribution in [2.75, 3.05) is 13.1 Å². The number of halogens is 1. The lowest BCUT2D eigenvalue weighted by molar-refractivity contribution is -0.135. The highest BCUT2D eigenvalue weighted by atomic mass is 35.5. The lowest BCUT2D eigenvalue weighted by Crippen LogP contribution is -2.57. The van der Waals surface area contributed by atoms with Crippen LogP contribution in [0.4, 0.5) is 0 Å². The summed E-state index contributed by atoms with van der Waals surface area (Å²) in [4.78, 5) is 14.0. The largest absolute Gasteiger partial charge is 0.337 e. The first-order valence-corrected chi connectivity index (χ1v) is 6.21. The zero-order valence-corrected chi connectivity index (χ0v) is 11.1. The predicted molar refractivity (Wildman–Crippen MR) is 67.8 cm³/mol. The lowest BCUT2D eigenvalue weighted by atomic mass is 10.1. The summed E-state index contributed by atoms with van der Waals surface area (Å²) < 4.78 is 0. The minimum Gasteiger partial charge on any atom is -0.337 e. The fourth-order valence-electron chi connectivity index (χ4n) is 2.29. The van der Waals surface area contributed by atoms with Gasteiger partial charge in [0.1, 0.15) is 0 Å². The molecule has 1 amide bonds. The molecule has 1 saturated heterocycles. The summed E-state index contributed by atoms with van der Waals surface area (Å²) in [6, 6.07) is 0.786. The molecule has 2 unspecified atom stereocenters. The molecule has 94 valence electrons. The quantitative estimate of drug-likeness (QED) is 0.824. The molecule has 2 fully saturated rings. The first-order chi connectivity index (χ1) is 7.18. The molecule has 4 heteroatoms. The number of nitrogens with zero attached hydrogens (tertiary/aromatic N) is 1. The Labute approximate surface area is 104 Å². The summed E-state index contributed by atoms with van der Waals surface area (Å²) >= 11 is 0. The van der Waals surface area contributed by atoms with E-state index in [4.69, 9.17) is 0 Å². The second kappa shape index (κ2) is 5.87. The maximum absolute atomic E-state index is 12.0. The smallest absolute Gasteiger partial charge is 0.222 e. The van der Waals surface area contributed by atoms with Gasteiger partial charge in [-0.2, -0.15) is 0 Å². The van der Waals surface area contributed by atoms with E-state index in [1.165, 1.54) is 12.8 Å². The van der Waals surface area contributed by atoms with Gasteiger partial charge >= 0.3 is 0 Å². The van der Waals surface area contributed by atoms with Crippen LogP contribution >= 0.6 is 12.4 Å². The molecule has 0 bridgehead atoms. The van der Waals surface area contributed by atoms with Crippen molar-refractivity contribution >= 4 is 18.3 Å². The van der Waals surface area contributed by atoms with Crippen molar-refractivity contribution in [3.05, 3.63) is 0 Å². The zero-order valence-electron chi connectivity index (χ0n) is 10.2. The van der Waals surface area contributed by atoms with E-state index in [2.05, 4.69) is 24.1 Å². The third-order valence-electron chi connectivity index (χ3n) is 3.82. The number of nitrogens with one attached hydrogen (secondary N) is 1. The molecular formula is C12H23ClN2O. The molecule has 3 nitrogen and oxygen atoms in total. The van der Waals surface area contributed by atoms with Crippen molar-refractivity contribution in [2.45, 2.75) is 51.6 Å². The Morgan fingerprint density at radius 1 is 1.38 bits per heavy atom. The van der Waals surface area contributed by atoms with Crippen LogP contribution in [0.1, 0.15) is 39.5 Å². The van der Waals surface area contributed by atoms with E-state index >= 15 is 0 Å². The van der Waals surface area contributed by atoms with Crippen LogP contribution in [0.3, 0.4) is 0 Å². The summed E-state index contributed by atoms with van der Waals surface area (Å²) in [6.45, 7) is 6.13. The van der Waals surface area contributed by atoms with Gasteiger partial charge in [0.2, 0.25) is 5.91 Å². The van der Waals surface area contributed by atoms with Crippen molar-refractivity contribution in [1.29, 1.82) is 0 Å². The minimum atomic E-state index is 0. The Bertz CT molecular complexity index is 243. The Morgan fingerprint density at radius 3 is 2.69 bits per heavy atom. The van der Waals surface area contributed by atoms with Crippen molar-refractivity contribution < 1.29 is 4.79 Å². The maximum atomic E-state index is 12.0. The van der Waals surface area contributed by atoms with E-state index in [1.807, 2.05) is 0 Å². The van der Waals surface area contributed by atoms with Gasteiger partial charge in [0.15, 0.2) is 0 Å². The fraction of sp³-hybridized carbons (Fsp3) is 0.917. The summed E-state index contributed by atoms with van der Waals surface area (Å²) in [5, 5.41) is 3.40. The van der Waals surface area contributed by atoms with Gasteiger partial charge in [0.25, 0.3) is 0 Å². The van der Waals surface area contributed by atoms with E-state index in [0.29, 0.717) is 18.0 Å². The van der Waals surface area contributed by atoms with Gasteiger partial charge in [-0.25, -0.2) is 0 Å². The highest BCUT2D eigenvalue weighted by Gasteiger charge is 2.29. The van der Waals surface area contributed by atoms with E-state index < -0.39 is 0 Å². The molecule has 1 aliphatic heterocycles. The first-order valence-electron chi connectivity index (χ1n) is 6.21. The number of rotatable bonds is 3. The molecule has 2 rings (SSSR count). The molecule has 0 spiro atoms. The molecule has 0 aromatic heterocycles. The first kappa shape index (κ1) is 13.8. The molecule has 0 aromatic carbocycles. The van der Waals surface area contributed by atoms with Crippen LogP contribution in [0, 0.1) is 5.92 Å². The molecule has 1 saturated carbocycles. The molecule has 2 aliphatic rings. The SMILES string of the molecule is CC1NCCN(C(=O)CCC2CC2)C1C.Cl. The molecule has 1 aliphatic carbocycles. The second-order valence-corrected chi connectivity index (χ2v) is 5.05. The van der Waals surface area contributed by atoms with E-state index in [1.54, 1.807) is 0 Å².